The van der Waals surface area contributed by atoms with Crippen LogP contribution < -0.4 is 10.2 Å². The minimum absolute atomic E-state index is 0.0693. The molecule has 2 N–H and O–H groups in total. The quantitative estimate of drug-likeness (QED) is 0.354. The smallest absolute Gasteiger partial charge is 0.326 e. The Morgan fingerprint density at radius 3 is 2.43 bits per heavy atom. The maximum Gasteiger partial charge on any atom is 0.326 e. The van der Waals surface area contributed by atoms with E-state index in [9.17, 15) is 27.9 Å². The number of amides is 2. The Hall–Kier alpha value is -3.15. The molecule has 0 bridgehead atoms. The SMILES string of the molecule is CCCCN(C)C(=O)C(=O)N[C@H](CCc1cc2c(cc1Cl)N(c1ccccc1)C[C@@H](C1CCCCC1)N(C)S2(=O)=O)C(=O)O. The fraction of sp³-hybridized carbons (Fsp3) is 0.531. The van der Waals surface area contributed by atoms with Crippen molar-refractivity contribution in [1.29, 1.82) is 0 Å². The normalized spacial score (nSPS) is 19.5. The molecular formula is C32H43ClN4O6S. The predicted molar refractivity (Wildman–Crippen MR) is 171 cm³/mol. The Labute approximate surface area is 265 Å². The standard InChI is InChI=1S/C32H43ClN4O6S/c1-4-5-18-35(2)31(39)30(38)34-26(32(40)41)17-16-23-19-29-27(20-25(23)33)37(24-14-10-7-11-15-24)21-28(36(3)44(29,42)43)22-12-8-6-9-13-22/h7,10-11,14-15,19-20,22,26,28H,4-6,8-9,12-13,16-18,21H2,1-3H3,(H,34,38)(H,40,41)/t26-,28+/m1/s1. The lowest BCUT2D eigenvalue weighted by atomic mass is 9.83. The summed E-state index contributed by atoms with van der Waals surface area (Å²) in [6.07, 6.45) is 6.78. The van der Waals surface area contributed by atoms with Gasteiger partial charge in [-0.3, -0.25) is 9.59 Å². The number of likely N-dealkylation sites (N-methyl/N-ethyl adjacent to an activating group) is 2. The number of para-hydroxylation sites is 1. The van der Waals surface area contributed by atoms with Gasteiger partial charge in [0.1, 0.15) is 10.9 Å². The molecule has 10 nitrogen and oxygen atoms in total. The molecule has 2 amide bonds. The largest absolute Gasteiger partial charge is 0.480 e. The molecule has 2 aromatic rings. The van der Waals surface area contributed by atoms with Gasteiger partial charge in [0, 0.05) is 43.9 Å². The van der Waals surface area contributed by atoms with Crippen LogP contribution in [0.15, 0.2) is 47.4 Å². The third kappa shape index (κ3) is 7.55. The molecule has 0 saturated heterocycles. The van der Waals surface area contributed by atoms with Crippen molar-refractivity contribution in [1.82, 2.24) is 14.5 Å². The molecule has 0 aromatic heterocycles. The highest BCUT2D eigenvalue weighted by molar-refractivity contribution is 7.89. The van der Waals surface area contributed by atoms with E-state index in [4.69, 9.17) is 11.6 Å². The number of unbranched alkanes of at least 4 members (excludes halogenated alkanes) is 1. The molecule has 2 atom stereocenters. The Kier molecular flexibility index (Phi) is 11.3. The number of rotatable bonds is 10. The lowest BCUT2D eigenvalue weighted by Crippen LogP contribution is -2.48. The van der Waals surface area contributed by atoms with E-state index >= 15 is 0 Å². The van der Waals surface area contributed by atoms with Crippen LogP contribution in [0.4, 0.5) is 11.4 Å². The van der Waals surface area contributed by atoms with Crippen molar-refractivity contribution >= 4 is 50.8 Å². The summed E-state index contributed by atoms with van der Waals surface area (Å²) in [6, 6.07) is 11.2. The number of aryl methyl sites for hydroxylation is 1. The monoisotopic (exact) mass is 646 g/mol. The van der Waals surface area contributed by atoms with Crippen LogP contribution in [0.2, 0.25) is 5.02 Å². The first kappa shape index (κ1) is 33.7. The fourth-order valence-electron chi connectivity index (χ4n) is 6.19. The van der Waals surface area contributed by atoms with E-state index in [0.717, 1.165) is 50.6 Å². The summed E-state index contributed by atoms with van der Waals surface area (Å²) in [6.45, 7) is 2.82. The molecule has 2 aromatic carbocycles. The molecule has 12 heteroatoms. The van der Waals surface area contributed by atoms with E-state index in [0.29, 0.717) is 29.4 Å². The maximum absolute atomic E-state index is 14.2. The molecule has 4 rings (SSSR count). The van der Waals surface area contributed by atoms with Crippen molar-refractivity contribution in [3.05, 3.63) is 53.1 Å². The summed E-state index contributed by atoms with van der Waals surface area (Å²) in [7, 11) is -0.799. The number of carboxylic acid groups (broad SMARTS) is 1. The van der Waals surface area contributed by atoms with E-state index in [1.54, 1.807) is 13.1 Å². The van der Waals surface area contributed by atoms with Crippen molar-refractivity contribution < 1.29 is 27.9 Å². The second kappa shape index (κ2) is 14.8. The number of carbonyl (C=O) groups is 3. The highest BCUT2D eigenvalue weighted by Crippen LogP contribution is 2.42. The van der Waals surface area contributed by atoms with Gasteiger partial charge >= 0.3 is 17.8 Å². The summed E-state index contributed by atoms with van der Waals surface area (Å²) in [4.78, 5) is 40.4. The number of carboxylic acids is 1. The molecule has 0 radical (unpaired) electrons. The van der Waals surface area contributed by atoms with Crippen molar-refractivity contribution in [2.75, 3.05) is 32.1 Å². The number of hydrogen-bond donors (Lipinski definition) is 2. The van der Waals surface area contributed by atoms with E-state index in [-0.39, 0.29) is 29.7 Å². The lowest BCUT2D eigenvalue weighted by Gasteiger charge is -2.36. The predicted octanol–water partition coefficient (Wildman–Crippen LogP) is 4.82. The van der Waals surface area contributed by atoms with Gasteiger partial charge in [-0.1, -0.05) is 62.4 Å². The summed E-state index contributed by atoms with van der Waals surface area (Å²) in [5.41, 5.74) is 1.77. The maximum atomic E-state index is 14.2. The first-order valence-electron chi connectivity index (χ1n) is 15.4. The molecule has 1 aliphatic carbocycles. The molecule has 0 unspecified atom stereocenters. The number of fused-ring (bicyclic) bond motifs is 1. The Balaban J connectivity index is 1.64. The average Bonchev–Trinajstić information content (AvgIpc) is 3.10. The van der Waals surface area contributed by atoms with Crippen molar-refractivity contribution in [2.45, 2.75) is 81.7 Å². The van der Waals surface area contributed by atoms with Crippen LogP contribution in [0.25, 0.3) is 0 Å². The summed E-state index contributed by atoms with van der Waals surface area (Å²) >= 11 is 6.76. The molecule has 2 aliphatic rings. The van der Waals surface area contributed by atoms with Gasteiger partial charge in [-0.05, 0) is 67.9 Å². The molecule has 1 heterocycles. The van der Waals surface area contributed by atoms with E-state index in [1.807, 2.05) is 42.2 Å². The molecule has 0 spiro atoms. The molecule has 1 aliphatic heterocycles. The molecule has 1 saturated carbocycles. The Bertz CT molecular complexity index is 1450. The number of hydrogen-bond acceptors (Lipinski definition) is 6. The van der Waals surface area contributed by atoms with Gasteiger partial charge in [-0.25, -0.2) is 13.2 Å². The molecule has 1 fully saturated rings. The summed E-state index contributed by atoms with van der Waals surface area (Å²) in [5, 5.41) is 12.4. The number of carbonyl (C=O) groups excluding carboxylic acids is 2. The second-order valence-electron chi connectivity index (χ2n) is 11.8. The van der Waals surface area contributed by atoms with E-state index < -0.39 is 33.8 Å². The van der Waals surface area contributed by atoms with Gasteiger partial charge in [0.2, 0.25) is 10.0 Å². The number of nitrogens with one attached hydrogen (secondary N) is 1. The topological polar surface area (TPSA) is 127 Å². The van der Waals surface area contributed by atoms with Crippen LogP contribution in [0.5, 0.6) is 0 Å². The summed E-state index contributed by atoms with van der Waals surface area (Å²) < 4.78 is 29.9. The Morgan fingerprint density at radius 1 is 1.11 bits per heavy atom. The molecule has 44 heavy (non-hydrogen) atoms. The van der Waals surface area contributed by atoms with Crippen LogP contribution in [0, 0.1) is 5.92 Å². The highest BCUT2D eigenvalue weighted by Gasteiger charge is 2.41. The third-order valence-corrected chi connectivity index (χ3v) is 11.1. The highest BCUT2D eigenvalue weighted by atomic mass is 35.5. The minimum Gasteiger partial charge on any atom is -0.480 e. The number of aliphatic carboxylic acids is 1. The first-order chi connectivity index (χ1) is 20.9. The summed E-state index contributed by atoms with van der Waals surface area (Å²) in [5.74, 6) is -2.88. The number of anilines is 2. The molecular weight excluding hydrogens is 604 g/mol. The third-order valence-electron chi connectivity index (χ3n) is 8.87. The van der Waals surface area contributed by atoms with Gasteiger partial charge < -0.3 is 20.2 Å². The first-order valence-corrected chi connectivity index (χ1v) is 17.2. The van der Waals surface area contributed by atoms with Crippen LogP contribution in [0.1, 0.15) is 63.9 Å². The van der Waals surface area contributed by atoms with E-state index in [1.165, 1.54) is 22.3 Å². The Morgan fingerprint density at radius 2 is 1.80 bits per heavy atom. The zero-order valence-electron chi connectivity index (χ0n) is 25.7. The van der Waals surface area contributed by atoms with E-state index in [2.05, 4.69) is 5.32 Å². The van der Waals surface area contributed by atoms with Gasteiger partial charge in [0.15, 0.2) is 0 Å². The van der Waals surface area contributed by atoms with Crippen molar-refractivity contribution in [2.24, 2.45) is 5.92 Å². The van der Waals surface area contributed by atoms with Crippen molar-refractivity contribution in [3.63, 3.8) is 0 Å². The average molecular weight is 647 g/mol. The zero-order valence-corrected chi connectivity index (χ0v) is 27.2. The number of benzene rings is 2. The zero-order chi connectivity index (χ0) is 32.0. The number of nitrogens with zero attached hydrogens (tertiary/aromatic N) is 3. The minimum atomic E-state index is -3.94. The van der Waals surface area contributed by atoms with Crippen LogP contribution in [0.3, 0.4) is 0 Å². The number of halogens is 1. The van der Waals surface area contributed by atoms with Gasteiger partial charge in [0.25, 0.3) is 0 Å². The van der Waals surface area contributed by atoms with Crippen LogP contribution >= 0.6 is 11.6 Å². The lowest BCUT2D eigenvalue weighted by molar-refractivity contribution is -0.148. The fourth-order valence-corrected chi connectivity index (χ4v) is 8.08. The van der Waals surface area contributed by atoms with Crippen LogP contribution in [-0.2, 0) is 30.8 Å². The van der Waals surface area contributed by atoms with Gasteiger partial charge in [-0.15, -0.1) is 0 Å². The van der Waals surface area contributed by atoms with Gasteiger partial charge in [-0.2, -0.15) is 4.31 Å². The van der Waals surface area contributed by atoms with Crippen molar-refractivity contribution in [3.8, 4) is 0 Å². The number of sulfonamides is 1. The van der Waals surface area contributed by atoms with Gasteiger partial charge in [0.05, 0.1) is 5.69 Å². The second-order valence-corrected chi connectivity index (χ2v) is 14.2. The van der Waals surface area contributed by atoms with Crippen LogP contribution in [-0.4, -0.2) is 79.8 Å². The molecule has 240 valence electrons.